The molecule has 0 fully saturated rings. The van der Waals surface area contributed by atoms with Crippen LogP contribution in [0, 0.1) is 0 Å². The van der Waals surface area contributed by atoms with Crippen molar-refractivity contribution in [1.29, 1.82) is 0 Å². The molecule has 7 heteroatoms. The molecule has 122 valence electrons. The third-order valence-corrected chi connectivity index (χ3v) is 4.00. The first-order valence-electron chi connectivity index (χ1n) is 7.18. The Kier molecular flexibility index (Phi) is 4.90. The Bertz CT molecular complexity index is 846. The van der Waals surface area contributed by atoms with E-state index in [1.54, 1.807) is 24.7 Å². The van der Waals surface area contributed by atoms with Crippen LogP contribution in [-0.2, 0) is 6.54 Å². The molecule has 0 saturated heterocycles. The van der Waals surface area contributed by atoms with E-state index < -0.39 is 0 Å². The van der Waals surface area contributed by atoms with E-state index >= 15 is 0 Å². The second-order valence-electron chi connectivity index (χ2n) is 5.01. The molecule has 0 radical (unpaired) electrons. The number of rotatable bonds is 5. The van der Waals surface area contributed by atoms with Gasteiger partial charge in [0.05, 0.1) is 30.1 Å². The highest BCUT2D eigenvalue weighted by molar-refractivity contribution is 9.10. The van der Waals surface area contributed by atoms with Gasteiger partial charge in [0.25, 0.3) is 0 Å². The summed E-state index contributed by atoms with van der Waals surface area (Å²) >= 11 is 3.29. The molecule has 0 aliphatic carbocycles. The second kappa shape index (κ2) is 7.27. The Hall–Kier alpha value is -2.67. The lowest BCUT2D eigenvalue weighted by atomic mass is 10.2. The average Bonchev–Trinajstić information content (AvgIpc) is 3.13. The van der Waals surface area contributed by atoms with Crippen LogP contribution in [0.25, 0.3) is 5.69 Å². The summed E-state index contributed by atoms with van der Waals surface area (Å²) in [6.45, 7) is 0.387. The maximum absolute atomic E-state index is 9.80. The van der Waals surface area contributed by atoms with Crippen LogP contribution in [0.1, 0.15) is 5.56 Å². The Morgan fingerprint density at radius 2 is 2.04 bits per heavy atom. The summed E-state index contributed by atoms with van der Waals surface area (Å²) < 4.78 is 7.60. The van der Waals surface area contributed by atoms with E-state index in [0.717, 1.165) is 16.9 Å². The second-order valence-corrected chi connectivity index (χ2v) is 5.87. The molecule has 0 aliphatic rings. The summed E-state index contributed by atoms with van der Waals surface area (Å²) in [6.07, 6.45) is 5.36. The van der Waals surface area contributed by atoms with Crippen molar-refractivity contribution in [2.24, 2.45) is 10.2 Å². The van der Waals surface area contributed by atoms with E-state index in [2.05, 4.69) is 31.1 Å². The van der Waals surface area contributed by atoms with Crippen molar-refractivity contribution in [3.05, 3.63) is 65.2 Å². The van der Waals surface area contributed by atoms with Gasteiger partial charge in [0, 0.05) is 18.1 Å². The van der Waals surface area contributed by atoms with Crippen LogP contribution in [0.4, 0.5) is 5.69 Å². The van der Waals surface area contributed by atoms with Crippen LogP contribution in [0.2, 0.25) is 0 Å². The fourth-order valence-corrected chi connectivity index (χ4v) is 2.67. The van der Waals surface area contributed by atoms with Gasteiger partial charge in [0.2, 0.25) is 0 Å². The van der Waals surface area contributed by atoms with Gasteiger partial charge in [0.15, 0.2) is 11.5 Å². The molecule has 1 heterocycles. The molecule has 0 aliphatic heterocycles. The molecule has 0 amide bonds. The van der Waals surface area contributed by atoms with Crippen molar-refractivity contribution < 1.29 is 9.84 Å². The summed E-state index contributed by atoms with van der Waals surface area (Å²) in [5.74, 6) is 0.479. The molecule has 0 atom stereocenters. The highest BCUT2D eigenvalue weighted by Crippen LogP contribution is 2.35. The van der Waals surface area contributed by atoms with Crippen LogP contribution in [-0.4, -0.2) is 21.8 Å². The van der Waals surface area contributed by atoms with Crippen molar-refractivity contribution in [2.75, 3.05) is 7.11 Å². The molecule has 2 aromatic carbocycles. The van der Waals surface area contributed by atoms with Gasteiger partial charge in [-0.15, -0.1) is 0 Å². The number of methoxy groups -OCH3 is 1. The molecule has 0 spiro atoms. The van der Waals surface area contributed by atoms with Gasteiger partial charge >= 0.3 is 0 Å². The van der Waals surface area contributed by atoms with E-state index in [1.165, 1.54) is 7.11 Å². The van der Waals surface area contributed by atoms with Gasteiger partial charge in [-0.2, -0.15) is 10.2 Å². The number of nitrogens with zero attached hydrogens (tertiary/aromatic N) is 4. The molecule has 3 aromatic rings. The molecule has 24 heavy (non-hydrogen) atoms. The van der Waals surface area contributed by atoms with Gasteiger partial charge in [0.1, 0.15) is 0 Å². The summed E-state index contributed by atoms with van der Waals surface area (Å²) in [5.41, 5.74) is 2.66. The van der Waals surface area contributed by atoms with Gasteiger partial charge in [-0.3, -0.25) is 0 Å². The number of aromatic nitrogens is 2. The van der Waals surface area contributed by atoms with E-state index in [0.29, 0.717) is 16.8 Å². The topological polar surface area (TPSA) is 72.0 Å². The first kappa shape index (κ1) is 16.2. The SMILES string of the molecule is COc1cc(CN=Nc2ccc(-n3ccnc3)cc2)cc(Br)c1O. The van der Waals surface area contributed by atoms with Crippen LogP contribution in [0.15, 0.2) is 69.8 Å². The van der Waals surface area contributed by atoms with Gasteiger partial charge in [-0.1, -0.05) is 0 Å². The number of phenols is 1. The Morgan fingerprint density at radius 1 is 1.25 bits per heavy atom. The molecular weight excluding hydrogens is 372 g/mol. The third kappa shape index (κ3) is 3.62. The molecule has 1 aromatic heterocycles. The smallest absolute Gasteiger partial charge is 0.172 e. The average molecular weight is 387 g/mol. The van der Waals surface area contributed by atoms with E-state index in [1.807, 2.05) is 35.0 Å². The Labute approximate surface area is 147 Å². The number of benzene rings is 2. The minimum absolute atomic E-state index is 0.0771. The maximum Gasteiger partial charge on any atom is 0.172 e. The van der Waals surface area contributed by atoms with Crippen LogP contribution in [0.3, 0.4) is 0 Å². The lowest BCUT2D eigenvalue weighted by Gasteiger charge is -2.07. The number of hydrogen-bond acceptors (Lipinski definition) is 5. The minimum atomic E-state index is 0.0771. The molecule has 0 saturated carbocycles. The number of aromatic hydroxyl groups is 1. The number of ether oxygens (including phenoxy) is 1. The zero-order chi connectivity index (χ0) is 16.9. The minimum Gasteiger partial charge on any atom is -0.503 e. The number of phenolic OH excluding ortho intramolecular Hbond substituents is 1. The van der Waals surface area contributed by atoms with Crippen molar-refractivity contribution in [2.45, 2.75) is 6.54 Å². The predicted octanol–water partition coefficient (Wildman–Crippen LogP) is 4.63. The summed E-state index contributed by atoms with van der Waals surface area (Å²) in [5, 5.41) is 18.2. The fourth-order valence-electron chi connectivity index (χ4n) is 2.18. The van der Waals surface area contributed by atoms with Crippen molar-refractivity contribution >= 4 is 21.6 Å². The first-order valence-corrected chi connectivity index (χ1v) is 7.98. The molecule has 3 rings (SSSR count). The van der Waals surface area contributed by atoms with Crippen LogP contribution >= 0.6 is 15.9 Å². The lowest BCUT2D eigenvalue weighted by Crippen LogP contribution is -1.89. The van der Waals surface area contributed by atoms with Crippen LogP contribution < -0.4 is 4.74 Å². The number of halogens is 1. The molecular formula is C17H15BrN4O2. The Balaban J connectivity index is 1.69. The molecule has 6 nitrogen and oxygen atoms in total. The van der Waals surface area contributed by atoms with Crippen molar-refractivity contribution in [1.82, 2.24) is 9.55 Å². The first-order chi connectivity index (χ1) is 11.7. The quantitative estimate of drug-likeness (QED) is 0.649. The number of hydrogen-bond donors (Lipinski definition) is 1. The largest absolute Gasteiger partial charge is 0.503 e. The third-order valence-electron chi connectivity index (χ3n) is 3.40. The summed E-state index contributed by atoms with van der Waals surface area (Å²) in [4.78, 5) is 4.02. The monoisotopic (exact) mass is 386 g/mol. The van der Waals surface area contributed by atoms with E-state index in [9.17, 15) is 5.11 Å². The van der Waals surface area contributed by atoms with E-state index in [-0.39, 0.29) is 5.75 Å². The molecule has 0 bridgehead atoms. The van der Waals surface area contributed by atoms with Crippen molar-refractivity contribution in [3.63, 3.8) is 0 Å². The zero-order valence-electron chi connectivity index (χ0n) is 12.9. The van der Waals surface area contributed by atoms with Gasteiger partial charge in [-0.05, 0) is 57.9 Å². The molecule has 0 unspecified atom stereocenters. The normalized spacial score (nSPS) is 11.1. The lowest BCUT2D eigenvalue weighted by molar-refractivity contribution is 0.371. The standard InChI is InChI=1S/C17H15BrN4O2/c1-24-16-9-12(8-15(18)17(16)23)10-20-21-13-2-4-14(5-3-13)22-7-6-19-11-22/h2-9,11,23H,10H2,1H3. The van der Waals surface area contributed by atoms with Crippen molar-refractivity contribution in [3.8, 4) is 17.2 Å². The van der Waals surface area contributed by atoms with E-state index in [4.69, 9.17) is 4.74 Å². The highest BCUT2D eigenvalue weighted by atomic mass is 79.9. The Morgan fingerprint density at radius 3 is 2.71 bits per heavy atom. The summed E-state index contributed by atoms with van der Waals surface area (Å²) in [7, 11) is 1.51. The summed E-state index contributed by atoms with van der Waals surface area (Å²) in [6, 6.07) is 11.2. The molecule has 1 N–H and O–H groups in total. The number of imidazole rings is 1. The van der Waals surface area contributed by atoms with Gasteiger partial charge in [-0.25, -0.2) is 4.98 Å². The van der Waals surface area contributed by atoms with Crippen LogP contribution in [0.5, 0.6) is 11.5 Å². The zero-order valence-corrected chi connectivity index (χ0v) is 14.5. The fraction of sp³-hybridized carbons (Fsp3) is 0.118. The predicted molar refractivity (Wildman–Crippen MR) is 94.1 cm³/mol. The highest BCUT2D eigenvalue weighted by Gasteiger charge is 2.08. The maximum atomic E-state index is 9.80. The number of azo groups is 1. The van der Waals surface area contributed by atoms with Gasteiger partial charge < -0.3 is 14.4 Å².